The van der Waals surface area contributed by atoms with E-state index in [0.717, 1.165) is 18.5 Å². The Labute approximate surface area is 127 Å². The van der Waals surface area contributed by atoms with Crippen LogP contribution in [-0.2, 0) is 14.3 Å². The summed E-state index contributed by atoms with van der Waals surface area (Å²) >= 11 is 0. The molecule has 7 heteroatoms. The van der Waals surface area contributed by atoms with Gasteiger partial charge in [-0.3, -0.25) is 9.59 Å². The first-order valence-corrected chi connectivity index (χ1v) is 7.56. The lowest BCUT2D eigenvalue weighted by Crippen LogP contribution is -2.40. The third kappa shape index (κ3) is 1.95. The molecule has 1 aromatic rings. The number of amides is 1. The summed E-state index contributed by atoms with van der Waals surface area (Å²) < 4.78 is 15.6. The molecular weight excluding hydrogens is 288 g/mol. The lowest BCUT2D eigenvalue weighted by atomic mass is 9.81. The fraction of sp³-hybridized carbons (Fsp3) is 0.667. The van der Waals surface area contributed by atoms with E-state index < -0.39 is 5.41 Å². The second-order valence-corrected chi connectivity index (χ2v) is 6.44. The fourth-order valence-corrected chi connectivity index (χ4v) is 3.50. The van der Waals surface area contributed by atoms with Gasteiger partial charge in [0.25, 0.3) is 5.91 Å². The predicted molar refractivity (Wildman–Crippen MR) is 73.1 cm³/mol. The number of aromatic nitrogens is 1. The molecule has 4 rings (SSSR count). The molecule has 3 aliphatic rings. The van der Waals surface area contributed by atoms with Crippen LogP contribution in [0.1, 0.15) is 35.0 Å². The minimum Gasteiger partial charge on any atom is -0.468 e. The first kappa shape index (κ1) is 13.8. The molecule has 1 aliphatic carbocycles. The van der Waals surface area contributed by atoms with E-state index in [9.17, 15) is 9.59 Å². The Morgan fingerprint density at radius 2 is 2.27 bits per heavy atom. The van der Waals surface area contributed by atoms with Gasteiger partial charge in [0.2, 0.25) is 5.76 Å². The summed E-state index contributed by atoms with van der Waals surface area (Å²) in [6, 6.07) is 1.73. The van der Waals surface area contributed by atoms with E-state index in [1.807, 2.05) is 0 Å². The maximum Gasteiger partial charge on any atom is 0.316 e. The number of esters is 1. The van der Waals surface area contributed by atoms with Gasteiger partial charge in [0.05, 0.1) is 26.0 Å². The zero-order valence-corrected chi connectivity index (χ0v) is 12.4. The van der Waals surface area contributed by atoms with Crippen LogP contribution in [0, 0.1) is 11.3 Å². The Morgan fingerprint density at radius 3 is 3.00 bits per heavy atom. The van der Waals surface area contributed by atoms with Crippen molar-refractivity contribution in [3.8, 4) is 0 Å². The van der Waals surface area contributed by atoms with Gasteiger partial charge in [0, 0.05) is 31.0 Å². The smallest absolute Gasteiger partial charge is 0.316 e. The number of fused-ring (bicyclic) bond motifs is 1. The van der Waals surface area contributed by atoms with Crippen LogP contribution >= 0.6 is 0 Å². The predicted octanol–water partition coefficient (Wildman–Crippen LogP) is 0.814. The van der Waals surface area contributed by atoms with Crippen LogP contribution in [0.2, 0.25) is 0 Å². The molecule has 0 N–H and O–H groups in total. The van der Waals surface area contributed by atoms with Crippen LogP contribution in [0.15, 0.2) is 10.6 Å². The van der Waals surface area contributed by atoms with Crippen molar-refractivity contribution in [1.82, 2.24) is 10.1 Å². The number of likely N-dealkylation sites (tertiary alicyclic amines) is 1. The SMILES string of the molecule is COC(=O)[C@@]12COC[C@@H]1CN(C(=O)c1cc(C3CC3)no1)C2. The number of carbonyl (C=O) groups is 2. The number of carbonyl (C=O) groups excluding carboxylic acids is 2. The van der Waals surface area contributed by atoms with Gasteiger partial charge < -0.3 is 18.9 Å². The molecule has 0 spiro atoms. The largest absolute Gasteiger partial charge is 0.468 e. The van der Waals surface area contributed by atoms with Crippen molar-refractivity contribution in [2.45, 2.75) is 18.8 Å². The van der Waals surface area contributed by atoms with Gasteiger partial charge in [-0.05, 0) is 12.8 Å². The molecule has 2 aliphatic heterocycles. The Kier molecular flexibility index (Phi) is 3.00. The molecule has 0 unspecified atom stereocenters. The molecule has 1 aromatic heterocycles. The highest BCUT2D eigenvalue weighted by Gasteiger charge is 2.58. The van der Waals surface area contributed by atoms with Gasteiger partial charge in [-0.25, -0.2) is 0 Å². The second kappa shape index (κ2) is 4.81. The van der Waals surface area contributed by atoms with Crippen molar-refractivity contribution in [2.24, 2.45) is 11.3 Å². The number of methoxy groups -OCH3 is 1. The molecule has 2 saturated heterocycles. The number of hydrogen-bond acceptors (Lipinski definition) is 6. The molecule has 118 valence electrons. The summed E-state index contributed by atoms with van der Waals surface area (Å²) in [5.74, 6) is 0.161. The molecule has 1 amide bonds. The molecule has 3 fully saturated rings. The maximum absolute atomic E-state index is 12.6. The highest BCUT2D eigenvalue weighted by atomic mass is 16.5. The van der Waals surface area contributed by atoms with E-state index in [4.69, 9.17) is 14.0 Å². The van der Waals surface area contributed by atoms with Crippen LogP contribution in [0.3, 0.4) is 0 Å². The average molecular weight is 306 g/mol. The molecule has 0 bridgehead atoms. The Morgan fingerprint density at radius 1 is 1.45 bits per heavy atom. The fourth-order valence-electron chi connectivity index (χ4n) is 3.50. The lowest BCUT2D eigenvalue weighted by molar-refractivity contribution is -0.153. The van der Waals surface area contributed by atoms with Crippen molar-refractivity contribution >= 4 is 11.9 Å². The van der Waals surface area contributed by atoms with Crippen molar-refractivity contribution in [3.05, 3.63) is 17.5 Å². The molecule has 7 nitrogen and oxygen atoms in total. The van der Waals surface area contributed by atoms with E-state index in [-0.39, 0.29) is 23.6 Å². The van der Waals surface area contributed by atoms with Crippen LogP contribution < -0.4 is 0 Å². The minimum absolute atomic E-state index is 0.0188. The summed E-state index contributed by atoms with van der Waals surface area (Å²) in [6.45, 7) is 1.57. The lowest BCUT2D eigenvalue weighted by Gasteiger charge is -2.23. The molecule has 0 aromatic carbocycles. The van der Waals surface area contributed by atoms with E-state index >= 15 is 0 Å². The third-order valence-electron chi connectivity index (χ3n) is 4.99. The summed E-state index contributed by atoms with van der Waals surface area (Å²) in [7, 11) is 1.37. The Hall–Kier alpha value is -1.89. The van der Waals surface area contributed by atoms with E-state index in [0.29, 0.717) is 32.2 Å². The van der Waals surface area contributed by atoms with Crippen LogP contribution in [0.4, 0.5) is 0 Å². The standard InChI is InChI=1S/C15H18N2O5/c1-20-14(19)15-7-17(5-10(15)6-21-8-15)13(18)12-4-11(16-22-12)9-2-3-9/h4,9-10H,2-3,5-8H2,1H3/t10-,15-/m0/s1. The number of nitrogens with zero attached hydrogens (tertiary/aromatic N) is 2. The highest BCUT2D eigenvalue weighted by Crippen LogP contribution is 2.43. The van der Waals surface area contributed by atoms with Crippen LogP contribution in [0.25, 0.3) is 0 Å². The van der Waals surface area contributed by atoms with Crippen molar-refractivity contribution < 1.29 is 23.6 Å². The van der Waals surface area contributed by atoms with Gasteiger partial charge >= 0.3 is 5.97 Å². The third-order valence-corrected chi connectivity index (χ3v) is 4.99. The Balaban J connectivity index is 1.53. The van der Waals surface area contributed by atoms with Gasteiger partial charge in [-0.15, -0.1) is 0 Å². The van der Waals surface area contributed by atoms with E-state index in [1.54, 1.807) is 11.0 Å². The average Bonchev–Trinajstić information content (AvgIpc) is 2.98. The van der Waals surface area contributed by atoms with Crippen molar-refractivity contribution in [1.29, 1.82) is 0 Å². The first-order chi connectivity index (χ1) is 10.6. The molecule has 1 saturated carbocycles. The highest BCUT2D eigenvalue weighted by molar-refractivity contribution is 5.93. The van der Waals surface area contributed by atoms with Crippen molar-refractivity contribution in [3.63, 3.8) is 0 Å². The minimum atomic E-state index is -0.732. The topological polar surface area (TPSA) is 81.9 Å². The zero-order chi connectivity index (χ0) is 15.3. The van der Waals surface area contributed by atoms with Crippen molar-refractivity contribution in [2.75, 3.05) is 33.4 Å². The monoisotopic (exact) mass is 306 g/mol. The molecular formula is C15H18N2O5. The first-order valence-electron chi connectivity index (χ1n) is 7.56. The van der Waals surface area contributed by atoms with E-state index in [1.165, 1.54) is 7.11 Å². The zero-order valence-electron chi connectivity index (χ0n) is 12.4. The number of rotatable bonds is 3. The number of hydrogen-bond donors (Lipinski definition) is 0. The summed E-state index contributed by atoms with van der Waals surface area (Å²) in [6.07, 6.45) is 2.21. The van der Waals surface area contributed by atoms with Gasteiger partial charge in [-0.2, -0.15) is 0 Å². The molecule has 3 heterocycles. The molecule has 0 radical (unpaired) electrons. The number of ether oxygens (including phenoxy) is 2. The normalized spacial score (nSPS) is 30.4. The summed E-state index contributed by atoms with van der Waals surface area (Å²) in [4.78, 5) is 26.4. The van der Waals surface area contributed by atoms with Gasteiger partial charge in [0.1, 0.15) is 5.41 Å². The Bertz CT molecular complexity index is 623. The maximum atomic E-state index is 12.6. The second-order valence-electron chi connectivity index (χ2n) is 6.44. The summed E-state index contributed by atoms with van der Waals surface area (Å²) in [5.41, 5.74) is 0.123. The van der Waals surface area contributed by atoms with Crippen LogP contribution in [-0.4, -0.2) is 55.3 Å². The van der Waals surface area contributed by atoms with E-state index in [2.05, 4.69) is 5.16 Å². The summed E-state index contributed by atoms with van der Waals surface area (Å²) in [5, 5.41) is 3.97. The van der Waals surface area contributed by atoms with Gasteiger partial charge in [0.15, 0.2) is 0 Å². The van der Waals surface area contributed by atoms with Gasteiger partial charge in [-0.1, -0.05) is 5.16 Å². The quantitative estimate of drug-likeness (QED) is 0.769. The van der Waals surface area contributed by atoms with Crippen LogP contribution in [0.5, 0.6) is 0 Å². The molecule has 2 atom stereocenters. The molecule has 22 heavy (non-hydrogen) atoms.